The zero-order valence-electron chi connectivity index (χ0n) is 16.9. The van der Waals surface area contributed by atoms with Gasteiger partial charge >= 0.3 is 5.97 Å². The number of aliphatic carboxylic acids is 1. The summed E-state index contributed by atoms with van der Waals surface area (Å²) in [4.78, 5) is 24.0. The van der Waals surface area contributed by atoms with Crippen molar-refractivity contribution in [2.75, 3.05) is 6.54 Å². The van der Waals surface area contributed by atoms with E-state index in [-0.39, 0.29) is 27.8 Å². The largest absolute Gasteiger partial charge is 0.508 e. The monoisotopic (exact) mass is 468 g/mol. The van der Waals surface area contributed by atoms with E-state index in [9.17, 15) is 24.9 Å². The van der Waals surface area contributed by atoms with Crippen LogP contribution in [0.4, 0.5) is 0 Å². The second kappa shape index (κ2) is 11.9. The second-order valence-corrected chi connectivity index (χ2v) is 8.05. The number of carboxylic acid groups (broad SMARTS) is 1. The normalized spacial score (nSPS) is 12.9. The van der Waals surface area contributed by atoms with Crippen LogP contribution in [0.2, 0.25) is 10.0 Å². The van der Waals surface area contributed by atoms with Crippen molar-refractivity contribution < 1.29 is 24.9 Å². The number of nitrogens with two attached hydrogens (primary N) is 1. The van der Waals surface area contributed by atoms with Gasteiger partial charge in [0.25, 0.3) is 5.91 Å². The van der Waals surface area contributed by atoms with E-state index in [4.69, 9.17) is 28.9 Å². The number of hydrogen-bond donors (Lipinski definition) is 5. The van der Waals surface area contributed by atoms with Gasteiger partial charge in [-0.15, -0.1) is 0 Å². The second-order valence-electron chi connectivity index (χ2n) is 7.23. The summed E-state index contributed by atoms with van der Waals surface area (Å²) < 4.78 is 0. The van der Waals surface area contributed by atoms with E-state index in [2.05, 4.69) is 5.32 Å². The number of hydrogen-bond acceptors (Lipinski definition) is 5. The van der Waals surface area contributed by atoms with E-state index < -0.39 is 24.0 Å². The van der Waals surface area contributed by atoms with Gasteiger partial charge in [0.05, 0.1) is 21.7 Å². The molecule has 0 radical (unpaired) electrons. The van der Waals surface area contributed by atoms with Crippen LogP contribution in [-0.2, 0) is 11.2 Å². The summed E-state index contributed by atoms with van der Waals surface area (Å²) in [6, 6.07) is 8.55. The SMILES string of the molecule is NCCCC[C@H](NC(=O)c1c(Cl)cc(C(O)CCc2cccc(O)c2)cc1Cl)C(=O)O. The number of phenolic OH excluding ortho intramolecular Hbond substituents is 1. The number of amides is 1. The number of carbonyl (C=O) groups excluding carboxylic acids is 1. The molecule has 0 spiro atoms. The lowest BCUT2D eigenvalue weighted by atomic mass is 9.99. The van der Waals surface area contributed by atoms with E-state index in [1.165, 1.54) is 12.1 Å². The number of aryl methyl sites for hydroxylation is 1. The lowest BCUT2D eigenvalue weighted by Crippen LogP contribution is -2.41. The Morgan fingerprint density at radius 3 is 2.32 bits per heavy atom. The van der Waals surface area contributed by atoms with Crippen molar-refractivity contribution in [3.05, 3.63) is 63.1 Å². The fourth-order valence-electron chi connectivity index (χ4n) is 3.16. The summed E-state index contributed by atoms with van der Waals surface area (Å²) in [6.45, 7) is 0.438. The van der Waals surface area contributed by atoms with E-state index in [0.29, 0.717) is 37.8 Å². The first-order chi connectivity index (χ1) is 14.7. The van der Waals surface area contributed by atoms with Crippen LogP contribution >= 0.6 is 23.2 Å². The van der Waals surface area contributed by atoms with Crippen molar-refractivity contribution in [1.29, 1.82) is 0 Å². The fourth-order valence-corrected chi connectivity index (χ4v) is 3.84. The summed E-state index contributed by atoms with van der Waals surface area (Å²) in [5.74, 6) is -1.70. The van der Waals surface area contributed by atoms with Crippen molar-refractivity contribution in [3.8, 4) is 5.75 Å². The maximum atomic E-state index is 12.6. The lowest BCUT2D eigenvalue weighted by molar-refractivity contribution is -0.139. The quantitative estimate of drug-likeness (QED) is 0.319. The minimum Gasteiger partial charge on any atom is -0.508 e. The Bertz CT molecular complexity index is 900. The molecule has 0 aliphatic rings. The van der Waals surface area contributed by atoms with Crippen molar-refractivity contribution in [1.82, 2.24) is 5.32 Å². The molecule has 0 heterocycles. The number of carbonyl (C=O) groups is 2. The van der Waals surface area contributed by atoms with E-state index >= 15 is 0 Å². The van der Waals surface area contributed by atoms with Gasteiger partial charge in [0.2, 0.25) is 0 Å². The first-order valence-corrected chi connectivity index (χ1v) is 10.7. The van der Waals surface area contributed by atoms with Crippen LogP contribution in [0.25, 0.3) is 0 Å². The first-order valence-electron chi connectivity index (χ1n) is 9.91. The number of rotatable bonds is 11. The topological polar surface area (TPSA) is 133 Å². The smallest absolute Gasteiger partial charge is 0.326 e. The maximum Gasteiger partial charge on any atom is 0.326 e. The number of aliphatic hydroxyl groups excluding tert-OH is 1. The van der Waals surface area contributed by atoms with Crippen LogP contribution in [-0.4, -0.2) is 39.8 Å². The molecule has 0 aliphatic heterocycles. The van der Waals surface area contributed by atoms with Gasteiger partial charge in [0.1, 0.15) is 11.8 Å². The molecule has 0 saturated heterocycles. The standard InChI is InChI=1S/C22H26Cl2N2O5/c23-16-11-14(19(28)8-7-13-4-3-5-15(27)10-13)12-17(24)20(16)21(29)26-18(22(30)31)6-1-2-9-25/h3-5,10-12,18-19,27-28H,1-2,6-9,25H2,(H,26,29)(H,30,31)/t18-,19?/m0/s1. The molecule has 2 aromatic carbocycles. The molecule has 0 fully saturated rings. The number of aromatic hydroxyl groups is 1. The summed E-state index contributed by atoms with van der Waals surface area (Å²) in [7, 11) is 0. The Kier molecular flexibility index (Phi) is 9.58. The molecule has 7 nitrogen and oxygen atoms in total. The molecule has 31 heavy (non-hydrogen) atoms. The van der Waals surface area contributed by atoms with Gasteiger partial charge in [-0.1, -0.05) is 35.3 Å². The Morgan fingerprint density at radius 2 is 1.74 bits per heavy atom. The number of halogens is 2. The molecule has 0 bridgehead atoms. The third kappa shape index (κ3) is 7.40. The minimum absolute atomic E-state index is 0.0162. The van der Waals surface area contributed by atoms with Gasteiger partial charge in [-0.2, -0.15) is 0 Å². The third-order valence-corrected chi connectivity index (χ3v) is 5.44. The zero-order valence-corrected chi connectivity index (χ0v) is 18.4. The number of carboxylic acids is 1. The first kappa shape index (κ1) is 24.9. The number of phenols is 1. The molecule has 0 saturated carbocycles. The molecular formula is C22H26Cl2N2O5. The van der Waals surface area contributed by atoms with Crippen molar-refractivity contribution >= 4 is 35.1 Å². The molecule has 1 unspecified atom stereocenters. The predicted octanol–water partition coefficient (Wildman–Crippen LogP) is 3.68. The van der Waals surface area contributed by atoms with Crippen molar-refractivity contribution in [3.63, 3.8) is 0 Å². The summed E-state index contributed by atoms with van der Waals surface area (Å²) >= 11 is 12.5. The summed E-state index contributed by atoms with van der Waals surface area (Å²) in [5.41, 5.74) is 6.67. The highest BCUT2D eigenvalue weighted by Gasteiger charge is 2.24. The molecule has 2 rings (SSSR count). The molecule has 2 atom stereocenters. The summed E-state index contributed by atoms with van der Waals surface area (Å²) in [5, 5.41) is 31.8. The average molecular weight is 469 g/mol. The molecule has 0 aliphatic carbocycles. The molecule has 168 valence electrons. The lowest BCUT2D eigenvalue weighted by Gasteiger charge is -2.17. The highest BCUT2D eigenvalue weighted by molar-refractivity contribution is 6.39. The van der Waals surface area contributed by atoms with Gasteiger partial charge in [0.15, 0.2) is 0 Å². The van der Waals surface area contributed by atoms with E-state index in [1.807, 2.05) is 6.07 Å². The Labute approximate surface area is 190 Å². The zero-order chi connectivity index (χ0) is 23.0. The number of nitrogens with one attached hydrogen (secondary N) is 1. The fraction of sp³-hybridized carbons (Fsp3) is 0.364. The van der Waals surface area contributed by atoms with Crippen molar-refractivity contribution in [2.24, 2.45) is 5.73 Å². The minimum atomic E-state index is -1.16. The third-order valence-electron chi connectivity index (χ3n) is 4.84. The number of aliphatic hydroxyl groups is 1. The highest BCUT2D eigenvalue weighted by atomic mass is 35.5. The van der Waals surface area contributed by atoms with Crippen molar-refractivity contribution in [2.45, 2.75) is 44.2 Å². The van der Waals surface area contributed by atoms with Gasteiger partial charge in [-0.25, -0.2) is 4.79 Å². The van der Waals surface area contributed by atoms with Gasteiger partial charge < -0.3 is 26.4 Å². The molecule has 2 aromatic rings. The van der Waals surface area contributed by atoms with E-state index in [0.717, 1.165) is 5.56 Å². The van der Waals surface area contributed by atoms with Crippen LogP contribution < -0.4 is 11.1 Å². The van der Waals surface area contributed by atoms with Gasteiger partial charge in [0, 0.05) is 0 Å². The number of benzene rings is 2. The molecular weight excluding hydrogens is 443 g/mol. The van der Waals surface area contributed by atoms with Crippen LogP contribution in [0.5, 0.6) is 5.75 Å². The van der Waals surface area contributed by atoms with Crippen LogP contribution in [0.1, 0.15) is 53.3 Å². The van der Waals surface area contributed by atoms with Crippen LogP contribution in [0.15, 0.2) is 36.4 Å². The van der Waals surface area contributed by atoms with Crippen LogP contribution in [0.3, 0.4) is 0 Å². The Balaban J connectivity index is 2.09. The van der Waals surface area contributed by atoms with Crippen LogP contribution in [0, 0.1) is 0 Å². The summed E-state index contributed by atoms with van der Waals surface area (Å²) in [6.07, 6.45) is 1.41. The molecule has 0 aromatic heterocycles. The predicted molar refractivity (Wildman–Crippen MR) is 120 cm³/mol. The Hall–Kier alpha value is -2.32. The van der Waals surface area contributed by atoms with E-state index in [1.54, 1.807) is 18.2 Å². The maximum absolute atomic E-state index is 12.6. The molecule has 1 amide bonds. The Morgan fingerprint density at radius 1 is 1.06 bits per heavy atom. The molecule has 6 N–H and O–H groups in total. The van der Waals surface area contributed by atoms with Gasteiger partial charge in [-0.05, 0) is 74.0 Å². The molecule has 9 heteroatoms. The van der Waals surface area contributed by atoms with Gasteiger partial charge in [-0.3, -0.25) is 4.79 Å². The average Bonchev–Trinajstić information content (AvgIpc) is 2.70. The highest BCUT2D eigenvalue weighted by Crippen LogP contribution is 2.31. The number of unbranched alkanes of at least 4 members (excludes halogenated alkanes) is 1.